The number of hydrogen-bond acceptors (Lipinski definition) is 2. The molecule has 2 aliphatic carbocycles. The van der Waals surface area contributed by atoms with Crippen molar-refractivity contribution in [2.75, 3.05) is 14.2 Å². The van der Waals surface area contributed by atoms with Crippen molar-refractivity contribution in [1.29, 1.82) is 0 Å². The van der Waals surface area contributed by atoms with Crippen molar-refractivity contribution in [3.63, 3.8) is 0 Å². The van der Waals surface area contributed by atoms with E-state index in [2.05, 4.69) is 112 Å². The zero-order chi connectivity index (χ0) is 29.8. The van der Waals surface area contributed by atoms with Crippen LogP contribution in [0, 0.1) is 0 Å². The first-order chi connectivity index (χ1) is 20.1. The van der Waals surface area contributed by atoms with Crippen LogP contribution in [0.5, 0.6) is 11.5 Å². The van der Waals surface area contributed by atoms with E-state index in [0.29, 0.717) is 0 Å². The second kappa shape index (κ2) is 11.0. The number of hydrogen-bond donors (Lipinski definition) is 0. The van der Waals surface area contributed by atoms with Gasteiger partial charge in [0.2, 0.25) is 0 Å². The minimum atomic E-state index is -4.73. The molecule has 0 aliphatic heterocycles. The third-order valence-corrected chi connectivity index (χ3v) is 61.8. The van der Waals surface area contributed by atoms with Gasteiger partial charge in [-0.3, -0.25) is 0 Å². The van der Waals surface area contributed by atoms with Gasteiger partial charge in [-0.05, 0) is 0 Å². The molecule has 0 aromatic heterocycles. The molecule has 0 saturated carbocycles. The van der Waals surface area contributed by atoms with Gasteiger partial charge in [-0.25, -0.2) is 0 Å². The van der Waals surface area contributed by atoms with Crippen LogP contribution in [0.25, 0.3) is 34.4 Å². The number of fused-ring (bicyclic) bond motifs is 2. The first-order valence-corrected chi connectivity index (χ1v) is 30.9. The normalized spacial score (nSPS) is 18.5. The van der Waals surface area contributed by atoms with Crippen LogP contribution in [-0.4, -0.2) is 20.1 Å². The Kier molecular flexibility index (Phi) is 7.76. The van der Waals surface area contributed by atoms with E-state index in [-0.39, 0.29) is 7.25 Å². The molecule has 2 aliphatic rings. The Hall–Kier alpha value is -2.36. The molecule has 4 aromatic rings. The Morgan fingerprint density at radius 3 is 1.40 bits per heavy atom. The van der Waals surface area contributed by atoms with Crippen LogP contribution in [0.1, 0.15) is 43.4 Å². The summed E-state index contributed by atoms with van der Waals surface area (Å²) in [5.41, 5.74) is 12.3. The summed E-state index contributed by atoms with van der Waals surface area (Å²) < 4.78 is 11.2. The van der Waals surface area contributed by atoms with Crippen LogP contribution >= 0.6 is 17.0 Å². The number of benzene rings is 4. The third kappa shape index (κ3) is 4.53. The fourth-order valence-corrected chi connectivity index (χ4v) is 40.4. The number of allylic oxidation sites excluding steroid dienone is 2. The van der Waals surface area contributed by atoms with Crippen molar-refractivity contribution < 1.29 is 25.0 Å². The van der Waals surface area contributed by atoms with Crippen LogP contribution < -0.4 is 9.47 Å². The van der Waals surface area contributed by atoms with Gasteiger partial charge >= 0.3 is 261 Å². The van der Waals surface area contributed by atoms with Crippen molar-refractivity contribution in [2.24, 2.45) is 0 Å². The molecule has 0 N–H and O–H groups in total. The molecule has 0 radical (unpaired) electrons. The molecule has 0 bridgehead atoms. The zero-order valence-corrected chi connectivity index (χ0v) is 30.2. The number of rotatable bonds is 7. The van der Waals surface area contributed by atoms with Crippen LogP contribution in [0.3, 0.4) is 0 Å². The van der Waals surface area contributed by atoms with Crippen molar-refractivity contribution in [3.8, 4) is 33.8 Å². The predicted molar refractivity (Wildman–Crippen MR) is 180 cm³/mol. The molecule has 0 spiro atoms. The first-order valence-electron chi connectivity index (χ1n) is 14.6. The van der Waals surface area contributed by atoms with Gasteiger partial charge in [0.1, 0.15) is 0 Å². The Morgan fingerprint density at radius 2 is 1.02 bits per heavy atom. The van der Waals surface area contributed by atoms with Crippen LogP contribution in [0.15, 0.2) is 96.1 Å². The summed E-state index contributed by atoms with van der Waals surface area (Å²) in [5, 5.41) is 0. The SMILES string of the molecule is COc1cccc(-c2cccc3c2C=C(C)[CH]3[Zr]([Cl])([Cl])([CH]2C(C)=Cc3c(-c4cccc(OC)c4)cccc32)[SiH](C)C)c1. The van der Waals surface area contributed by atoms with Crippen molar-refractivity contribution in [1.82, 2.24) is 0 Å². The van der Waals surface area contributed by atoms with Gasteiger partial charge in [0, 0.05) is 0 Å². The predicted octanol–water partition coefficient (Wildman–Crippen LogP) is 10.6. The fourth-order valence-electron chi connectivity index (χ4n) is 7.49. The second-order valence-corrected chi connectivity index (χ2v) is 54.6. The molecule has 42 heavy (non-hydrogen) atoms. The van der Waals surface area contributed by atoms with Crippen molar-refractivity contribution >= 4 is 35.1 Å². The molecular formula is C36H37Cl2O2SiZr. The van der Waals surface area contributed by atoms with E-state index in [0.717, 1.165) is 22.6 Å². The number of ether oxygens (including phenoxy) is 2. The molecule has 2 atom stereocenters. The van der Waals surface area contributed by atoms with Gasteiger partial charge in [-0.2, -0.15) is 0 Å². The van der Waals surface area contributed by atoms with Crippen LogP contribution in [0.4, 0.5) is 0 Å². The van der Waals surface area contributed by atoms with E-state index in [4.69, 9.17) is 26.5 Å². The monoisotopic (exact) mass is 689 g/mol. The summed E-state index contributed by atoms with van der Waals surface area (Å²) in [6.07, 6.45) is 4.70. The molecule has 215 valence electrons. The maximum atomic E-state index is 8.39. The van der Waals surface area contributed by atoms with Gasteiger partial charge < -0.3 is 0 Å². The summed E-state index contributed by atoms with van der Waals surface area (Å²) in [6.45, 7) is 9.27. The van der Waals surface area contributed by atoms with Gasteiger partial charge in [-0.15, -0.1) is 0 Å². The van der Waals surface area contributed by atoms with Gasteiger partial charge in [0.15, 0.2) is 0 Å². The molecule has 4 aromatic carbocycles. The Morgan fingerprint density at radius 1 is 0.619 bits per heavy atom. The average Bonchev–Trinajstić information content (AvgIpc) is 3.53. The minimum absolute atomic E-state index is 0.0572. The standard InChI is InChI=1S/2C17H15O.C2H7Si.2ClH.Zr/c2*1-12-9-13-6-4-8-16(17(13)10-12)14-5-3-7-15(11-14)18-2;1-3-2;;;/h2*3-11H,1-2H3;3H,1-2H3;2*1H;/q;;;;;+2/p-2. The number of methoxy groups -OCH3 is 2. The molecule has 0 saturated heterocycles. The van der Waals surface area contributed by atoms with Gasteiger partial charge in [0.05, 0.1) is 0 Å². The average molecular weight is 692 g/mol. The summed E-state index contributed by atoms with van der Waals surface area (Å²) >= 11 is -4.73. The summed E-state index contributed by atoms with van der Waals surface area (Å²) in [4.78, 5) is 0. The second-order valence-electron chi connectivity index (χ2n) is 12.1. The van der Waals surface area contributed by atoms with E-state index in [1.807, 2.05) is 12.1 Å². The van der Waals surface area contributed by atoms with Crippen molar-refractivity contribution in [3.05, 3.63) is 118 Å². The maximum absolute atomic E-state index is 8.39. The van der Waals surface area contributed by atoms with E-state index in [9.17, 15) is 0 Å². The Balaban J connectivity index is 1.53. The van der Waals surface area contributed by atoms with E-state index < -0.39 is 21.5 Å². The molecule has 0 heterocycles. The van der Waals surface area contributed by atoms with Gasteiger partial charge in [0.25, 0.3) is 0 Å². The summed E-state index contributed by atoms with van der Waals surface area (Å²) in [5.74, 6) is 0.100. The quantitative estimate of drug-likeness (QED) is 0.180. The fraction of sp³-hybridized carbons (Fsp3) is 0.222. The van der Waals surface area contributed by atoms with Gasteiger partial charge in [-0.1, -0.05) is 0 Å². The summed E-state index contributed by atoms with van der Waals surface area (Å²) in [6, 6.07) is 29.9. The first kappa shape index (κ1) is 29.7. The molecule has 6 rings (SSSR count). The number of halogens is 2. The molecular weight excluding hydrogens is 655 g/mol. The molecule has 0 fully saturated rings. The molecule has 6 heteroatoms. The van der Waals surface area contributed by atoms with Crippen LogP contribution in [0.2, 0.25) is 13.1 Å². The third-order valence-electron chi connectivity index (χ3n) is 9.52. The molecule has 0 amide bonds. The Bertz CT molecular complexity index is 1650. The molecule has 2 unspecified atom stereocenters. The van der Waals surface area contributed by atoms with E-state index in [1.54, 1.807) is 14.2 Å². The summed E-state index contributed by atoms with van der Waals surface area (Å²) in [7, 11) is 20.2. The van der Waals surface area contributed by atoms with E-state index in [1.165, 1.54) is 44.5 Å². The Labute approximate surface area is 258 Å². The van der Waals surface area contributed by atoms with Crippen LogP contribution in [-0.2, 0) is 15.6 Å². The topological polar surface area (TPSA) is 18.5 Å². The zero-order valence-electron chi connectivity index (χ0n) is 25.0. The van der Waals surface area contributed by atoms with E-state index >= 15 is 0 Å². The van der Waals surface area contributed by atoms with Crippen molar-refractivity contribution in [2.45, 2.75) is 34.2 Å². The molecule has 2 nitrogen and oxygen atoms in total.